The minimum absolute atomic E-state index is 0.119. The third-order valence-corrected chi connectivity index (χ3v) is 8.63. The summed E-state index contributed by atoms with van der Waals surface area (Å²) >= 11 is 2.61. The number of benzene rings is 2. The molecule has 0 spiro atoms. The topological polar surface area (TPSA) is 95.5 Å². The van der Waals surface area contributed by atoms with Gasteiger partial charge in [0.05, 0.1) is 24.0 Å². The Morgan fingerprint density at radius 2 is 1.91 bits per heavy atom. The number of carbonyl (C=O) groups excluding carboxylic acids is 1. The Hall–Kier alpha value is -2.31. The first-order chi connectivity index (χ1) is 15.5. The Bertz CT molecular complexity index is 1220. The average Bonchev–Trinajstić information content (AvgIpc) is 3.28. The molecular formula is C21H23N5O3S3. The lowest BCUT2D eigenvalue weighted by Crippen LogP contribution is -2.50. The van der Waals surface area contributed by atoms with Gasteiger partial charge in [-0.2, -0.15) is 13.1 Å². The number of rotatable bonds is 8. The summed E-state index contributed by atoms with van der Waals surface area (Å²) in [5.74, 6) is 0.639. The lowest BCUT2D eigenvalue weighted by Gasteiger charge is -2.33. The van der Waals surface area contributed by atoms with Crippen LogP contribution in [0.25, 0.3) is 11.0 Å². The number of sulfonamides is 1. The van der Waals surface area contributed by atoms with Crippen LogP contribution >= 0.6 is 23.5 Å². The maximum absolute atomic E-state index is 13.1. The van der Waals surface area contributed by atoms with Crippen LogP contribution < -0.4 is 5.32 Å². The molecule has 1 aliphatic heterocycles. The lowest BCUT2D eigenvalue weighted by molar-refractivity contribution is -0.117. The summed E-state index contributed by atoms with van der Waals surface area (Å²) in [5.41, 5.74) is 1.76. The third kappa shape index (κ3) is 5.02. The van der Waals surface area contributed by atoms with Crippen LogP contribution in [0.2, 0.25) is 0 Å². The summed E-state index contributed by atoms with van der Waals surface area (Å²) in [7, 11) is -3.67. The van der Waals surface area contributed by atoms with Crippen molar-refractivity contribution in [3.63, 3.8) is 0 Å². The van der Waals surface area contributed by atoms with E-state index < -0.39 is 10.0 Å². The molecule has 1 N–H and O–H groups in total. The van der Waals surface area contributed by atoms with E-state index in [1.165, 1.54) is 4.31 Å². The highest BCUT2D eigenvalue weighted by molar-refractivity contribution is 7.99. The first kappa shape index (κ1) is 22.9. The standard InChI is InChI=1S/C21H23N5O3S3/c1-2-14-30-18-8-4-3-6-16(18)22-20(27)15-25-10-12-26(13-11-25)32(28,29)19-9-5-7-17-21(19)24-31-23-17/h2-9H,1,10-15H2,(H,22,27). The van der Waals surface area contributed by atoms with Gasteiger partial charge in [0.15, 0.2) is 0 Å². The highest BCUT2D eigenvalue weighted by Gasteiger charge is 2.31. The SMILES string of the molecule is C=CCSc1ccccc1NC(=O)CN1CCN(S(=O)(=O)c2cccc3nsnc23)CC1. The molecule has 2 aromatic carbocycles. The maximum atomic E-state index is 13.1. The summed E-state index contributed by atoms with van der Waals surface area (Å²) in [6, 6.07) is 12.7. The minimum atomic E-state index is -3.67. The van der Waals surface area contributed by atoms with E-state index >= 15 is 0 Å². The summed E-state index contributed by atoms with van der Waals surface area (Å²) < 4.78 is 36.0. The number of nitrogens with zero attached hydrogens (tertiary/aromatic N) is 4. The molecule has 0 aliphatic carbocycles. The van der Waals surface area contributed by atoms with Crippen molar-refractivity contribution in [3.05, 3.63) is 55.1 Å². The van der Waals surface area contributed by atoms with Gasteiger partial charge in [-0.15, -0.1) is 18.3 Å². The average molecular weight is 490 g/mol. The van der Waals surface area contributed by atoms with Crippen molar-refractivity contribution in [1.29, 1.82) is 0 Å². The molecule has 11 heteroatoms. The van der Waals surface area contributed by atoms with E-state index in [1.54, 1.807) is 30.0 Å². The number of anilines is 1. The van der Waals surface area contributed by atoms with Gasteiger partial charge in [0, 0.05) is 36.8 Å². The highest BCUT2D eigenvalue weighted by Crippen LogP contribution is 2.27. The van der Waals surface area contributed by atoms with Crippen LogP contribution in [0.3, 0.4) is 0 Å². The van der Waals surface area contributed by atoms with Crippen molar-refractivity contribution in [2.24, 2.45) is 0 Å². The maximum Gasteiger partial charge on any atom is 0.245 e. The van der Waals surface area contributed by atoms with Crippen LogP contribution in [0, 0.1) is 0 Å². The fourth-order valence-corrected chi connectivity index (χ4v) is 6.42. The fraction of sp³-hybridized carbons (Fsp3) is 0.286. The van der Waals surface area contributed by atoms with Crippen molar-refractivity contribution >= 4 is 56.1 Å². The number of para-hydroxylation sites is 1. The van der Waals surface area contributed by atoms with Crippen LogP contribution in [0.15, 0.2) is 64.9 Å². The molecule has 0 radical (unpaired) electrons. The molecule has 0 atom stereocenters. The van der Waals surface area contributed by atoms with Crippen LogP contribution in [-0.4, -0.2) is 70.8 Å². The predicted molar refractivity (Wildman–Crippen MR) is 129 cm³/mol. The minimum Gasteiger partial charge on any atom is -0.324 e. The molecule has 8 nitrogen and oxygen atoms in total. The molecule has 32 heavy (non-hydrogen) atoms. The number of hydrogen-bond acceptors (Lipinski definition) is 8. The first-order valence-electron chi connectivity index (χ1n) is 10.1. The van der Waals surface area contributed by atoms with Crippen molar-refractivity contribution < 1.29 is 13.2 Å². The number of nitrogens with one attached hydrogen (secondary N) is 1. The highest BCUT2D eigenvalue weighted by atomic mass is 32.2. The molecule has 1 aliphatic rings. The summed E-state index contributed by atoms with van der Waals surface area (Å²) in [6.07, 6.45) is 1.82. The number of aromatic nitrogens is 2. The summed E-state index contributed by atoms with van der Waals surface area (Å²) in [4.78, 5) is 15.7. The van der Waals surface area contributed by atoms with Crippen LogP contribution in [0.5, 0.6) is 0 Å². The van der Waals surface area contributed by atoms with Crippen molar-refractivity contribution in [3.8, 4) is 0 Å². The van der Waals surface area contributed by atoms with Gasteiger partial charge in [-0.3, -0.25) is 9.69 Å². The quantitative estimate of drug-likeness (QED) is 0.384. The summed E-state index contributed by atoms with van der Waals surface area (Å²) in [6.45, 7) is 5.52. The molecule has 4 rings (SSSR count). The zero-order valence-electron chi connectivity index (χ0n) is 17.3. The van der Waals surface area contributed by atoms with Gasteiger partial charge in [0.25, 0.3) is 0 Å². The molecular weight excluding hydrogens is 466 g/mol. The van der Waals surface area contributed by atoms with E-state index in [1.807, 2.05) is 35.2 Å². The molecule has 0 unspecified atom stereocenters. The zero-order valence-corrected chi connectivity index (χ0v) is 19.8. The lowest BCUT2D eigenvalue weighted by atomic mass is 10.3. The number of carbonyl (C=O) groups is 1. The van der Waals surface area contributed by atoms with Crippen LogP contribution in [0.4, 0.5) is 5.69 Å². The predicted octanol–water partition coefficient (Wildman–Crippen LogP) is 2.91. The van der Waals surface area contributed by atoms with E-state index in [9.17, 15) is 13.2 Å². The molecule has 2 heterocycles. The second-order valence-electron chi connectivity index (χ2n) is 7.21. The number of hydrogen-bond donors (Lipinski definition) is 1. The largest absolute Gasteiger partial charge is 0.324 e. The molecule has 3 aromatic rings. The molecule has 0 bridgehead atoms. The van der Waals surface area contributed by atoms with Gasteiger partial charge < -0.3 is 5.32 Å². The monoisotopic (exact) mass is 489 g/mol. The van der Waals surface area contributed by atoms with Gasteiger partial charge in [-0.1, -0.05) is 24.3 Å². The normalized spacial score (nSPS) is 15.6. The van der Waals surface area contributed by atoms with Gasteiger partial charge in [-0.05, 0) is 24.3 Å². The Labute approximate surface area is 195 Å². The fourth-order valence-electron chi connectivity index (χ4n) is 3.49. The Balaban J connectivity index is 1.36. The van der Waals surface area contributed by atoms with Crippen molar-refractivity contribution in [2.45, 2.75) is 9.79 Å². The first-order valence-corrected chi connectivity index (χ1v) is 13.2. The van der Waals surface area contributed by atoms with E-state index in [0.717, 1.165) is 28.1 Å². The van der Waals surface area contributed by atoms with Crippen molar-refractivity contribution in [1.82, 2.24) is 18.0 Å². The third-order valence-electron chi connectivity index (χ3n) is 5.08. The van der Waals surface area contributed by atoms with Gasteiger partial charge in [0.2, 0.25) is 15.9 Å². The second-order valence-corrected chi connectivity index (χ2v) is 10.7. The van der Waals surface area contributed by atoms with Gasteiger partial charge in [0.1, 0.15) is 15.9 Å². The number of piperazine rings is 1. The van der Waals surface area contributed by atoms with Gasteiger partial charge >= 0.3 is 0 Å². The van der Waals surface area contributed by atoms with E-state index in [4.69, 9.17) is 0 Å². The smallest absolute Gasteiger partial charge is 0.245 e. The van der Waals surface area contributed by atoms with Gasteiger partial charge in [-0.25, -0.2) is 8.42 Å². The molecule has 1 saturated heterocycles. The molecule has 168 valence electrons. The second kappa shape index (κ2) is 10.1. The Morgan fingerprint density at radius 1 is 1.12 bits per heavy atom. The van der Waals surface area contributed by atoms with Crippen LogP contribution in [-0.2, 0) is 14.8 Å². The zero-order chi connectivity index (χ0) is 22.6. The van der Waals surface area contributed by atoms with E-state index in [0.29, 0.717) is 37.2 Å². The Morgan fingerprint density at radius 3 is 2.69 bits per heavy atom. The number of amides is 1. The van der Waals surface area contributed by atoms with Crippen molar-refractivity contribution in [2.75, 3.05) is 43.8 Å². The van der Waals surface area contributed by atoms with E-state index in [2.05, 4.69) is 20.6 Å². The molecule has 1 aromatic heterocycles. The summed E-state index contributed by atoms with van der Waals surface area (Å²) in [5, 5.41) is 2.97. The van der Waals surface area contributed by atoms with Crippen LogP contribution in [0.1, 0.15) is 0 Å². The number of fused-ring (bicyclic) bond motifs is 1. The molecule has 1 amide bonds. The van der Waals surface area contributed by atoms with E-state index in [-0.39, 0.29) is 17.3 Å². The number of thioether (sulfide) groups is 1. The molecule has 1 fully saturated rings. The molecule has 0 saturated carbocycles. The Kier molecular flexibility index (Phi) is 7.21.